The molecule has 0 radical (unpaired) electrons. The lowest BCUT2D eigenvalue weighted by Gasteiger charge is -2.40. The number of piperazine rings is 1. The number of nitrogens with zero attached hydrogens (tertiary/aromatic N) is 4. The Hall–Kier alpha value is -2.96. The summed E-state index contributed by atoms with van der Waals surface area (Å²) in [5.41, 5.74) is -0.245. The van der Waals surface area contributed by atoms with Crippen LogP contribution in [-0.2, 0) is 19.9 Å². The molecule has 1 aliphatic heterocycles. The minimum Gasteiger partial charge on any atom is -0.380 e. The van der Waals surface area contributed by atoms with E-state index in [1.165, 1.54) is 35.5 Å². The molecule has 30 heavy (non-hydrogen) atoms. The van der Waals surface area contributed by atoms with Crippen LogP contribution < -0.4 is 20.6 Å². The number of sulfone groups is 1. The van der Waals surface area contributed by atoms with Crippen LogP contribution in [0.5, 0.6) is 0 Å². The van der Waals surface area contributed by atoms with Crippen LogP contribution in [0.25, 0.3) is 0 Å². The van der Waals surface area contributed by atoms with Crippen LogP contribution in [0.1, 0.15) is 0 Å². The Balaban J connectivity index is 1.76. The van der Waals surface area contributed by atoms with E-state index in [0.29, 0.717) is 0 Å². The van der Waals surface area contributed by atoms with Crippen molar-refractivity contribution in [3.63, 3.8) is 0 Å². The zero-order valence-electron chi connectivity index (χ0n) is 15.7. The SMILES string of the molecule is N=c1c[n+](N2CCN(S(=O)(=O)c3ccccc3)CC2S(=O)(=O)c2ccccc2)[n-]o1. The third kappa shape index (κ3) is 3.64. The summed E-state index contributed by atoms with van der Waals surface area (Å²) in [6.07, 6.45) is 1.23. The molecule has 0 spiro atoms. The summed E-state index contributed by atoms with van der Waals surface area (Å²) in [4.78, 5) is 1.30. The van der Waals surface area contributed by atoms with E-state index >= 15 is 0 Å². The largest absolute Gasteiger partial charge is 0.380 e. The Labute approximate surface area is 173 Å². The number of benzene rings is 2. The van der Waals surface area contributed by atoms with Crippen LogP contribution in [-0.4, -0.2) is 46.1 Å². The molecule has 0 amide bonds. The minimum absolute atomic E-state index is 0.0411. The first-order chi connectivity index (χ1) is 14.3. The summed E-state index contributed by atoms with van der Waals surface area (Å²) < 4.78 is 58.9. The van der Waals surface area contributed by atoms with Crippen molar-refractivity contribution < 1.29 is 26.1 Å². The van der Waals surface area contributed by atoms with E-state index < -0.39 is 25.2 Å². The topological polar surface area (TPSA) is 130 Å². The normalized spacial score (nSPS) is 18.4. The van der Waals surface area contributed by atoms with Crippen LogP contribution in [0.3, 0.4) is 0 Å². The monoisotopic (exact) mass is 449 g/mol. The van der Waals surface area contributed by atoms with E-state index in [0.717, 1.165) is 9.10 Å². The molecule has 1 aliphatic rings. The molecule has 158 valence electrons. The second-order valence-electron chi connectivity index (χ2n) is 6.64. The molecule has 1 N–H and O–H groups in total. The molecular weight excluding hydrogens is 430 g/mol. The van der Waals surface area contributed by atoms with Gasteiger partial charge in [-0.15, -0.1) is 0 Å². The highest BCUT2D eigenvalue weighted by Crippen LogP contribution is 2.24. The van der Waals surface area contributed by atoms with Crippen molar-refractivity contribution in [3.8, 4) is 0 Å². The first-order valence-corrected chi connectivity index (χ1v) is 12.0. The fourth-order valence-corrected chi connectivity index (χ4v) is 6.60. The van der Waals surface area contributed by atoms with Gasteiger partial charge in [-0.25, -0.2) is 16.8 Å². The van der Waals surface area contributed by atoms with Gasteiger partial charge < -0.3 is 4.52 Å². The van der Waals surface area contributed by atoms with Crippen molar-refractivity contribution in [2.45, 2.75) is 15.2 Å². The van der Waals surface area contributed by atoms with E-state index in [1.807, 2.05) is 0 Å². The molecule has 1 aromatic heterocycles. The van der Waals surface area contributed by atoms with Gasteiger partial charge in [0.2, 0.25) is 10.0 Å². The molecule has 0 bridgehead atoms. The van der Waals surface area contributed by atoms with Crippen molar-refractivity contribution in [1.29, 1.82) is 5.41 Å². The zero-order valence-corrected chi connectivity index (χ0v) is 17.3. The third-order valence-electron chi connectivity index (χ3n) is 4.80. The lowest BCUT2D eigenvalue weighted by molar-refractivity contribution is -0.765. The number of rotatable bonds is 5. The predicted octanol–water partition coefficient (Wildman–Crippen LogP) is -0.554. The molecule has 10 nitrogen and oxygen atoms in total. The van der Waals surface area contributed by atoms with Crippen molar-refractivity contribution in [2.24, 2.45) is 0 Å². The zero-order chi connectivity index (χ0) is 21.4. The van der Waals surface area contributed by atoms with Gasteiger partial charge in [0.15, 0.2) is 9.84 Å². The summed E-state index contributed by atoms with van der Waals surface area (Å²) in [5, 5.41) is 11.4. The van der Waals surface area contributed by atoms with Gasteiger partial charge in [0.1, 0.15) is 5.37 Å². The van der Waals surface area contributed by atoms with Gasteiger partial charge in [-0.2, -0.15) is 4.31 Å². The standard InChI is InChI=1S/C18H19N5O5S2/c19-17-13-23(20-28-17)22-12-11-21(30(26,27)16-9-5-2-6-10-16)14-18(22)29(24,25)15-7-3-1-4-8-15/h1-10,13,18-19H,11-12,14H2. The number of hydrogen-bond acceptors (Lipinski definition) is 7. The van der Waals surface area contributed by atoms with Gasteiger partial charge in [0, 0.05) is 19.6 Å². The summed E-state index contributed by atoms with van der Waals surface area (Å²) >= 11 is 0. The molecule has 1 unspecified atom stereocenters. The predicted molar refractivity (Wildman–Crippen MR) is 104 cm³/mol. The van der Waals surface area contributed by atoms with E-state index in [-0.39, 0.29) is 35.0 Å². The van der Waals surface area contributed by atoms with E-state index in [2.05, 4.69) is 5.27 Å². The van der Waals surface area contributed by atoms with Crippen molar-refractivity contribution >= 4 is 19.9 Å². The highest BCUT2D eigenvalue weighted by atomic mass is 32.2. The first kappa shape index (κ1) is 20.3. The van der Waals surface area contributed by atoms with Crippen molar-refractivity contribution in [1.82, 2.24) is 9.58 Å². The Kier molecular flexibility index (Phi) is 5.22. The molecule has 1 saturated heterocycles. The van der Waals surface area contributed by atoms with E-state index in [4.69, 9.17) is 9.93 Å². The second-order valence-corrected chi connectivity index (χ2v) is 10.7. The molecule has 3 aromatic rings. The maximum absolute atomic E-state index is 13.4. The average molecular weight is 450 g/mol. The van der Waals surface area contributed by atoms with Crippen LogP contribution >= 0.6 is 0 Å². The quantitative estimate of drug-likeness (QED) is 0.517. The van der Waals surface area contributed by atoms with Gasteiger partial charge in [-0.3, -0.25) is 10.4 Å². The maximum Gasteiger partial charge on any atom is 0.286 e. The van der Waals surface area contributed by atoms with Crippen molar-refractivity contribution in [3.05, 3.63) is 72.4 Å². The molecule has 0 aliphatic carbocycles. The van der Waals surface area contributed by atoms with E-state index in [9.17, 15) is 16.8 Å². The molecule has 1 atom stereocenters. The molecule has 0 saturated carbocycles. The highest BCUT2D eigenvalue weighted by molar-refractivity contribution is 7.92. The van der Waals surface area contributed by atoms with Gasteiger partial charge >= 0.3 is 0 Å². The molecule has 2 aromatic carbocycles. The molecular formula is C18H19N5O5S2. The lowest BCUT2D eigenvalue weighted by Crippen LogP contribution is -2.72. The number of hydrogen-bond donors (Lipinski definition) is 1. The molecule has 12 heteroatoms. The maximum atomic E-state index is 13.4. The Bertz CT molecular complexity index is 1290. The Morgan fingerprint density at radius 2 is 1.53 bits per heavy atom. The lowest BCUT2D eigenvalue weighted by atomic mass is 10.4. The minimum atomic E-state index is -3.97. The number of sulfonamides is 1. The first-order valence-electron chi connectivity index (χ1n) is 9.01. The van der Waals surface area contributed by atoms with Gasteiger partial charge in [0.25, 0.3) is 11.8 Å². The molecule has 2 heterocycles. The molecule has 1 fully saturated rings. The fourth-order valence-electron chi connectivity index (χ4n) is 3.30. The van der Waals surface area contributed by atoms with Gasteiger partial charge in [-0.1, -0.05) is 41.2 Å². The van der Waals surface area contributed by atoms with Gasteiger partial charge in [0.05, 0.1) is 9.79 Å². The summed E-state index contributed by atoms with van der Waals surface area (Å²) in [6, 6.07) is 15.7. The average Bonchev–Trinajstić information content (AvgIpc) is 3.20. The molecule has 4 rings (SSSR count). The Morgan fingerprint density at radius 1 is 0.933 bits per heavy atom. The van der Waals surface area contributed by atoms with Crippen LogP contribution in [0, 0.1) is 5.41 Å². The summed E-state index contributed by atoms with van der Waals surface area (Å²) in [5.74, 6) is 0. The fraction of sp³-hybridized carbons (Fsp3) is 0.222. The Morgan fingerprint density at radius 3 is 2.10 bits per heavy atom. The number of aromatic nitrogens is 2. The van der Waals surface area contributed by atoms with Crippen molar-refractivity contribution in [2.75, 3.05) is 24.6 Å². The second kappa shape index (κ2) is 7.70. The summed E-state index contributed by atoms with van der Waals surface area (Å²) in [6.45, 7) is -0.216. The van der Waals surface area contributed by atoms with E-state index in [1.54, 1.807) is 36.4 Å². The van der Waals surface area contributed by atoms with Crippen LogP contribution in [0.15, 0.2) is 81.2 Å². The summed E-state index contributed by atoms with van der Waals surface area (Å²) in [7, 11) is -7.86. The van der Waals surface area contributed by atoms with Crippen LogP contribution in [0.2, 0.25) is 0 Å². The van der Waals surface area contributed by atoms with Crippen LogP contribution in [0.4, 0.5) is 0 Å². The smallest absolute Gasteiger partial charge is 0.286 e. The third-order valence-corrected chi connectivity index (χ3v) is 8.72. The number of nitrogens with one attached hydrogen (secondary N) is 1. The highest BCUT2D eigenvalue weighted by Gasteiger charge is 2.41. The van der Waals surface area contributed by atoms with Gasteiger partial charge in [-0.05, 0) is 29.5 Å².